The van der Waals surface area contributed by atoms with E-state index in [0.717, 1.165) is 0 Å². The maximum Gasteiger partial charge on any atom is 0.337 e. The largest absolute Gasteiger partial charge is 0.478 e. The van der Waals surface area contributed by atoms with Gasteiger partial charge in [-0.15, -0.1) is 0 Å². The van der Waals surface area contributed by atoms with Gasteiger partial charge in [-0.05, 0) is 40.2 Å². The van der Waals surface area contributed by atoms with Gasteiger partial charge in [-0.3, -0.25) is 9.78 Å². The van der Waals surface area contributed by atoms with Crippen molar-refractivity contribution in [3.8, 4) is 0 Å². The van der Waals surface area contributed by atoms with Crippen LogP contribution >= 0.6 is 15.9 Å². The molecule has 20 heavy (non-hydrogen) atoms. The number of pyridine rings is 1. The summed E-state index contributed by atoms with van der Waals surface area (Å²) in [5, 5.41) is 11.4. The SMILES string of the molecule is Nc1ccc(C(=O)Nc2cncc(C(=O)O)c2)cc1Br. The van der Waals surface area contributed by atoms with Crippen molar-refractivity contribution in [1.29, 1.82) is 0 Å². The topological polar surface area (TPSA) is 105 Å². The number of carboxylic acid groups (broad SMARTS) is 1. The summed E-state index contributed by atoms with van der Waals surface area (Å²) in [6, 6.07) is 6.09. The fourth-order valence-electron chi connectivity index (χ4n) is 1.50. The van der Waals surface area contributed by atoms with Gasteiger partial charge in [0.1, 0.15) is 0 Å². The Labute approximate surface area is 122 Å². The Morgan fingerprint density at radius 1 is 1.20 bits per heavy atom. The first kappa shape index (κ1) is 14.0. The fourth-order valence-corrected chi connectivity index (χ4v) is 1.88. The third-order valence-corrected chi connectivity index (χ3v) is 3.19. The molecule has 0 aliphatic carbocycles. The molecule has 0 saturated carbocycles. The molecule has 0 bridgehead atoms. The maximum atomic E-state index is 12.0. The average molecular weight is 336 g/mol. The fraction of sp³-hybridized carbons (Fsp3) is 0. The highest BCUT2D eigenvalue weighted by molar-refractivity contribution is 9.10. The Balaban J connectivity index is 2.21. The van der Waals surface area contributed by atoms with Crippen LogP contribution < -0.4 is 11.1 Å². The summed E-state index contributed by atoms with van der Waals surface area (Å²) in [6.45, 7) is 0. The molecule has 0 radical (unpaired) electrons. The van der Waals surface area contributed by atoms with Gasteiger partial charge in [0.2, 0.25) is 0 Å². The smallest absolute Gasteiger partial charge is 0.337 e. The first-order valence-electron chi connectivity index (χ1n) is 5.52. The molecule has 1 aromatic heterocycles. The highest BCUT2D eigenvalue weighted by Gasteiger charge is 2.10. The van der Waals surface area contributed by atoms with Crippen molar-refractivity contribution in [3.63, 3.8) is 0 Å². The summed E-state index contributed by atoms with van der Waals surface area (Å²) >= 11 is 3.24. The lowest BCUT2D eigenvalue weighted by Gasteiger charge is -2.07. The van der Waals surface area contributed by atoms with E-state index < -0.39 is 5.97 Å². The highest BCUT2D eigenvalue weighted by Crippen LogP contribution is 2.21. The van der Waals surface area contributed by atoms with Gasteiger partial charge in [0.25, 0.3) is 5.91 Å². The zero-order valence-electron chi connectivity index (χ0n) is 10.1. The minimum Gasteiger partial charge on any atom is -0.478 e. The number of carboxylic acids is 1. The number of nitrogen functional groups attached to an aromatic ring is 1. The molecule has 0 aliphatic rings. The third-order valence-electron chi connectivity index (χ3n) is 2.51. The molecule has 0 saturated heterocycles. The molecule has 6 nitrogen and oxygen atoms in total. The van der Waals surface area contributed by atoms with Crippen LogP contribution in [0.15, 0.2) is 41.1 Å². The van der Waals surface area contributed by atoms with Crippen molar-refractivity contribution in [2.24, 2.45) is 0 Å². The minimum absolute atomic E-state index is 0.00119. The summed E-state index contributed by atoms with van der Waals surface area (Å²) in [5.74, 6) is -1.49. The Bertz CT molecular complexity index is 688. The number of anilines is 2. The second kappa shape index (κ2) is 5.70. The Hall–Kier alpha value is -2.41. The standard InChI is InChI=1S/C13H10BrN3O3/c14-10-4-7(1-2-11(10)15)12(18)17-9-3-8(13(19)20)5-16-6-9/h1-6H,15H2,(H,17,18)(H,19,20). The molecule has 7 heteroatoms. The molecule has 102 valence electrons. The molecule has 4 N–H and O–H groups in total. The van der Waals surface area contributed by atoms with Crippen molar-refractivity contribution in [2.45, 2.75) is 0 Å². The highest BCUT2D eigenvalue weighted by atomic mass is 79.9. The van der Waals surface area contributed by atoms with E-state index in [4.69, 9.17) is 10.8 Å². The van der Waals surface area contributed by atoms with Gasteiger partial charge in [0.05, 0.1) is 17.4 Å². The lowest BCUT2D eigenvalue weighted by atomic mass is 10.2. The van der Waals surface area contributed by atoms with Gasteiger partial charge >= 0.3 is 5.97 Å². The number of halogens is 1. The molecule has 0 unspecified atom stereocenters. The van der Waals surface area contributed by atoms with Crippen LogP contribution in [0.2, 0.25) is 0 Å². The van der Waals surface area contributed by atoms with E-state index in [0.29, 0.717) is 21.4 Å². The molecule has 1 amide bonds. The number of hydrogen-bond donors (Lipinski definition) is 3. The van der Waals surface area contributed by atoms with Crippen LogP contribution in [0.1, 0.15) is 20.7 Å². The molecule has 2 aromatic rings. The van der Waals surface area contributed by atoms with Gasteiger partial charge in [0.15, 0.2) is 0 Å². The number of benzene rings is 1. The van der Waals surface area contributed by atoms with Gasteiger partial charge in [0, 0.05) is 21.9 Å². The van der Waals surface area contributed by atoms with E-state index in [1.807, 2.05) is 0 Å². The molecular formula is C13H10BrN3O3. The van der Waals surface area contributed by atoms with Crippen molar-refractivity contribution >= 4 is 39.2 Å². The van der Waals surface area contributed by atoms with Crippen LogP contribution in [0.25, 0.3) is 0 Å². The molecule has 0 atom stereocenters. The second-order valence-electron chi connectivity index (χ2n) is 3.96. The predicted molar refractivity (Wildman–Crippen MR) is 77.7 cm³/mol. The Kier molecular flexibility index (Phi) is 3.99. The second-order valence-corrected chi connectivity index (χ2v) is 4.81. The van der Waals surface area contributed by atoms with E-state index in [1.54, 1.807) is 18.2 Å². The summed E-state index contributed by atoms with van der Waals surface area (Å²) < 4.78 is 0.613. The number of rotatable bonds is 3. The molecule has 2 rings (SSSR count). The third kappa shape index (κ3) is 3.12. The summed E-state index contributed by atoms with van der Waals surface area (Å²) in [7, 11) is 0. The van der Waals surface area contributed by atoms with Gasteiger partial charge in [-0.2, -0.15) is 0 Å². The lowest BCUT2D eigenvalue weighted by Crippen LogP contribution is -2.13. The molecule has 0 aliphatic heterocycles. The van der Waals surface area contributed by atoms with Crippen LogP contribution in [0.5, 0.6) is 0 Å². The van der Waals surface area contributed by atoms with Crippen LogP contribution in [0.3, 0.4) is 0 Å². The first-order valence-corrected chi connectivity index (χ1v) is 6.31. The zero-order chi connectivity index (χ0) is 14.7. The monoisotopic (exact) mass is 335 g/mol. The molecule has 1 aromatic carbocycles. The quantitative estimate of drug-likeness (QED) is 0.747. The molecule has 0 fully saturated rings. The average Bonchev–Trinajstić information content (AvgIpc) is 2.42. The van der Waals surface area contributed by atoms with E-state index in [2.05, 4.69) is 26.2 Å². The number of carbonyl (C=O) groups excluding carboxylic acids is 1. The van der Waals surface area contributed by atoms with E-state index in [-0.39, 0.29) is 11.5 Å². The number of nitrogens with two attached hydrogens (primary N) is 1. The number of hydrogen-bond acceptors (Lipinski definition) is 4. The summed E-state index contributed by atoms with van der Waals surface area (Å²) in [4.78, 5) is 26.6. The van der Waals surface area contributed by atoms with E-state index in [1.165, 1.54) is 18.5 Å². The Morgan fingerprint density at radius 2 is 1.95 bits per heavy atom. The van der Waals surface area contributed by atoms with Crippen LogP contribution in [0.4, 0.5) is 11.4 Å². The normalized spacial score (nSPS) is 10.1. The van der Waals surface area contributed by atoms with Crippen molar-refractivity contribution in [3.05, 3.63) is 52.3 Å². The minimum atomic E-state index is -1.11. The zero-order valence-corrected chi connectivity index (χ0v) is 11.7. The number of amides is 1. The van der Waals surface area contributed by atoms with Crippen LogP contribution in [-0.4, -0.2) is 22.0 Å². The number of carbonyl (C=O) groups is 2. The number of aromatic nitrogens is 1. The predicted octanol–water partition coefficient (Wildman–Crippen LogP) is 2.38. The lowest BCUT2D eigenvalue weighted by molar-refractivity contribution is 0.0696. The van der Waals surface area contributed by atoms with Crippen molar-refractivity contribution in [1.82, 2.24) is 4.98 Å². The first-order chi connectivity index (χ1) is 9.47. The van der Waals surface area contributed by atoms with Gasteiger partial charge in [-0.1, -0.05) is 0 Å². The summed E-state index contributed by atoms with van der Waals surface area (Å²) in [5.41, 5.74) is 6.87. The van der Waals surface area contributed by atoms with Crippen LogP contribution in [0, 0.1) is 0 Å². The Morgan fingerprint density at radius 3 is 2.60 bits per heavy atom. The number of nitrogens with zero attached hydrogens (tertiary/aromatic N) is 1. The van der Waals surface area contributed by atoms with Crippen molar-refractivity contribution in [2.75, 3.05) is 11.1 Å². The van der Waals surface area contributed by atoms with E-state index in [9.17, 15) is 9.59 Å². The maximum absolute atomic E-state index is 12.0. The molecular weight excluding hydrogens is 326 g/mol. The van der Waals surface area contributed by atoms with Crippen LogP contribution in [-0.2, 0) is 0 Å². The molecule has 1 heterocycles. The number of aromatic carboxylic acids is 1. The molecule has 0 spiro atoms. The van der Waals surface area contributed by atoms with Crippen molar-refractivity contribution < 1.29 is 14.7 Å². The number of nitrogens with one attached hydrogen (secondary N) is 1. The summed E-state index contributed by atoms with van der Waals surface area (Å²) in [6.07, 6.45) is 2.58. The van der Waals surface area contributed by atoms with Gasteiger partial charge in [-0.25, -0.2) is 4.79 Å². The van der Waals surface area contributed by atoms with E-state index >= 15 is 0 Å². The van der Waals surface area contributed by atoms with Gasteiger partial charge < -0.3 is 16.2 Å².